The van der Waals surface area contributed by atoms with Gasteiger partial charge in [-0.15, -0.1) is 0 Å². The summed E-state index contributed by atoms with van der Waals surface area (Å²) >= 11 is 0. The van der Waals surface area contributed by atoms with Crippen molar-refractivity contribution in [2.75, 3.05) is 0 Å². The molecule has 2 N–H and O–H groups in total. The predicted octanol–water partition coefficient (Wildman–Crippen LogP) is 3.23. The van der Waals surface area contributed by atoms with Crippen LogP contribution in [0.25, 0.3) is 0 Å². The van der Waals surface area contributed by atoms with Crippen LogP contribution in [-0.4, -0.2) is 11.1 Å². The highest BCUT2D eigenvalue weighted by molar-refractivity contribution is 5.34. The zero-order chi connectivity index (χ0) is 11.5. The van der Waals surface area contributed by atoms with Crippen molar-refractivity contribution in [1.82, 2.24) is 5.32 Å². The van der Waals surface area contributed by atoms with Crippen molar-refractivity contribution in [2.24, 2.45) is 5.92 Å². The molecule has 2 rings (SSSR count). The Bertz CT molecular complexity index is 346. The van der Waals surface area contributed by atoms with Crippen LogP contribution in [0.4, 0.5) is 0 Å². The first-order valence-electron chi connectivity index (χ1n) is 6.22. The first-order valence-corrected chi connectivity index (χ1v) is 6.22. The monoisotopic (exact) mass is 219 g/mol. The van der Waals surface area contributed by atoms with Crippen LogP contribution in [0.3, 0.4) is 0 Å². The molecule has 1 aliphatic rings. The predicted molar refractivity (Wildman–Crippen MR) is 66.5 cm³/mol. The van der Waals surface area contributed by atoms with E-state index in [-0.39, 0.29) is 6.04 Å². The molecule has 0 spiro atoms. The number of para-hydroxylation sites is 1. The Kier molecular flexibility index (Phi) is 3.49. The number of hydrogen-bond donors (Lipinski definition) is 2. The van der Waals surface area contributed by atoms with Crippen LogP contribution in [0.5, 0.6) is 5.75 Å². The summed E-state index contributed by atoms with van der Waals surface area (Å²) in [7, 11) is 0. The molecule has 0 bridgehead atoms. The fourth-order valence-electron chi connectivity index (χ4n) is 2.41. The van der Waals surface area contributed by atoms with Gasteiger partial charge in [0.1, 0.15) is 5.75 Å². The van der Waals surface area contributed by atoms with Gasteiger partial charge in [-0.1, -0.05) is 24.6 Å². The van der Waals surface area contributed by atoms with Crippen LogP contribution in [0.2, 0.25) is 0 Å². The van der Waals surface area contributed by atoms with Crippen molar-refractivity contribution in [1.29, 1.82) is 0 Å². The summed E-state index contributed by atoms with van der Waals surface area (Å²) in [4.78, 5) is 0. The van der Waals surface area contributed by atoms with Crippen molar-refractivity contribution >= 4 is 0 Å². The topological polar surface area (TPSA) is 32.3 Å². The zero-order valence-corrected chi connectivity index (χ0v) is 10.1. The smallest absolute Gasteiger partial charge is 0.120 e. The molecule has 0 heterocycles. The summed E-state index contributed by atoms with van der Waals surface area (Å²) in [5, 5.41) is 13.3. The average Bonchev–Trinajstić information content (AvgIpc) is 2.15. The fourth-order valence-corrected chi connectivity index (χ4v) is 2.41. The summed E-state index contributed by atoms with van der Waals surface area (Å²) in [5.74, 6) is 1.22. The molecule has 0 aliphatic heterocycles. The van der Waals surface area contributed by atoms with E-state index in [1.165, 1.54) is 19.3 Å². The van der Waals surface area contributed by atoms with Gasteiger partial charge in [0.25, 0.3) is 0 Å². The Balaban J connectivity index is 1.96. The van der Waals surface area contributed by atoms with Crippen LogP contribution in [-0.2, 0) is 0 Å². The van der Waals surface area contributed by atoms with E-state index >= 15 is 0 Å². The Labute approximate surface area is 97.7 Å². The summed E-state index contributed by atoms with van der Waals surface area (Å²) in [6.45, 7) is 4.37. The quantitative estimate of drug-likeness (QED) is 0.815. The molecule has 0 aromatic heterocycles. The second-order valence-corrected chi connectivity index (χ2v) is 4.93. The Morgan fingerprint density at radius 2 is 1.94 bits per heavy atom. The fraction of sp³-hybridized carbons (Fsp3) is 0.571. The zero-order valence-electron chi connectivity index (χ0n) is 10.1. The van der Waals surface area contributed by atoms with Crippen LogP contribution in [0.15, 0.2) is 24.3 Å². The standard InChI is InChI=1S/C14H21NO/c1-10(12-6-5-7-12)15-11(2)13-8-3-4-9-14(13)16/h3-4,8-12,15-16H,5-7H2,1-2H3. The maximum absolute atomic E-state index is 9.76. The van der Waals surface area contributed by atoms with Gasteiger partial charge in [-0.25, -0.2) is 0 Å². The SMILES string of the molecule is CC(NC(C)C1CCC1)c1ccccc1O. The molecule has 2 atom stereocenters. The van der Waals surface area contributed by atoms with Gasteiger partial charge < -0.3 is 10.4 Å². The van der Waals surface area contributed by atoms with E-state index in [9.17, 15) is 5.11 Å². The highest BCUT2D eigenvalue weighted by Crippen LogP contribution is 2.31. The molecule has 1 fully saturated rings. The van der Waals surface area contributed by atoms with Crippen molar-refractivity contribution in [2.45, 2.75) is 45.2 Å². The molecule has 0 saturated heterocycles. The lowest BCUT2D eigenvalue weighted by atomic mass is 9.80. The highest BCUT2D eigenvalue weighted by Gasteiger charge is 2.25. The van der Waals surface area contributed by atoms with Gasteiger partial charge in [-0.3, -0.25) is 0 Å². The minimum Gasteiger partial charge on any atom is -0.508 e. The van der Waals surface area contributed by atoms with Crippen molar-refractivity contribution in [3.8, 4) is 5.75 Å². The van der Waals surface area contributed by atoms with Crippen LogP contribution >= 0.6 is 0 Å². The average molecular weight is 219 g/mol. The molecule has 1 aliphatic carbocycles. The summed E-state index contributed by atoms with van der Waals surface area (Å²) in [5.41, 5.74) is 0.994. The van der Waals surface area contributed by atoms with E-state index in [1.54, 1.807) is 6.07 Å². The van der Waals surface area contributed by atoms with Gasteiger partial charge in [0.15, 0.2) is 0 Å². The lowest BCUT2D eigenvalue weighted by Crippen LogP contribution is -2.38. The van der Waals surface area contributed by atoms with Gasteiger partial charge in [0.2, 0.25) is 0 Å². The maximum atomic E-state index is 9.76. The Morgan fingerprint density at radius 1 is 1.25 bits per heavy atom. The van der Waals surface area contributed by atoms with Gasteiger partial charge in [-0.05, 0) is 38.7 Å². The van der Waals surface area contributed by atoms with E-state index in [0.29, 0.717) is 11.8 Å². The molecule has 2 unspecified atom stereocenters. The van der Waals surface area contributed by atoms with Gasteiger partial charge in [0, 0.05) is 17.6 Å². The molecule has 2 heteroatoms. The molecule has 0 radical (unpaired) electrons. The number of hydrogen-bond acceptors (Lipinski definition) is 2. The molecule has 2 nitrogen and oxygen atoms in total. The number of rotatable bonds is 4. The maximum Gasteiger partial charge on any atom is 0.120 e. The molecule has 1 aromatic carbocycles. The third-order valence-electron chi connectivity index (χ3n) is 3.77. The second-order valence-electron chi connectivity index (χ2n) is 4.93. The van der Waals surface area contributed by atoms with Crippen LogP contribution in [0, 0.1) is 5.92 Å². The van der Waals surface area contributed by atoms with E-state index in [4.69, 9.17) is 0 Å². The van der Waals surface area contributed by atoms with Gasteiger partial charge in [-0.2, -0.15) is 0 Å². The summed E-state index contributed by atoms with van der Waals surface area (Å²) in [6.07, 6.45) is 4.07. The Hall–Kier alpha value is -1.02. The van der Waals surface area contributed by atoms with E-state index in [1.807, 2.05) is 18.2 Å². The largest absolute Gasteiger partial charge is 0.508 e. The minimum atomic E-state index is 0.219. The summed E-state index contributed by atoms with van der Waals surface area (Å²) in [6, 6.07) is 8.34. The number of benzene rings is 1. The van der Waals surface area contributed by atoms with Crippen molar-refractivity contribution in [3.05, 3.63) is 29.8 Å². The first-order chi connectivity index (χ1) is 7.68. The first kappa shape index (κ1) is 11.5. The van der Waals surface area contributed by atoms with E-state index in [2.05, 4.69) is 19.2 Å². The molecule has 1 saturated carbocycles. The van der Waals surface area contributed by atoms with E-state index < -0.39 is 0 Å². The molecule has 16 heavy (non-hydrogen) atoms. The molecular weight excluding hydrogens is 198 g/mol. The molecular formula is C14H21NO. The number of nitrogens with one attached hydrogen (secondary N) is 1. The molecule has 88 valence electrons. The van der Waals surface area contributed by atoms with Crippen molar-refractivity contribution < 1.29 is 5.11 Å². The third-order valence-corrected chi connectivity index (χ3v) is 3.77. The van der Waals surface area contributed by atoms with Gasteiger partial charge >= 0.3 is 0 Å². The summed E-state index contributed by atoms with van der Waals surface area (Å²) < 4.78 is 0. The van der Waals surface area contributed by atoms with Crippen LogP contribution < -0.4 is 5.32 Å². The van der Waals surface area contributed by atoms with Crippen LogP contribution in [0.1, 0.15) is 44.7 Å². The number of aromatic hydroxyl groups is 1. The lowest BCUT2D eigenvalue weighted by molar-refractivity contribution is 0.229. The lowest BCUT2D eigenvalue weighted by Gasteiger charge is -2.34. The third kappa shape index (κ3) is 2.38. The number of phenols is 1. The van der Waals surface area contributed by atoms with Gasteiger partial charge in [0.05, 0.1) is 0 Å². The van der Waals surface area contributed by atoms with Crippen molar-refractivity contribution in [3.63, 3.8) is 0 Å². The highest BCUT2D eigenvalue weighted by atomic mass is 16.3. The molecule has 1 aromatic rings. The second kappa shape index (κ2) is 4.88. The Morgan fingerprint density at radius 3 is 2.50 bits per heavy atom. The van der Waals surface area contributed by atoms with E-state index in [0.717, 1.165) is 11.5 Å². The minimum absolute atomic E-state index is 0.219. The normalized spacial score (nSPS) is 20.1. The molecule has 0 amide bonds. The number of phenolic OH excluding ortho intramolecular Hbond substituents is 1.